The van der Waals surface area contributed by atoms with Crippen molar-refractivity contribution in [3.8, 4) is 11.5 Å². The van der Waals surface area contributed by atoms with E-state index in [0.717, 1.165) is 12.8 Å². The summed E-state index contributed by atoms with van der Waals surface area (Å²) in [5.41, 5.74) is 0.319. The predicted molar refractivity (Wildman–Crippen MR) is 83.7 cm³/mol. The molecule has 0 aromatic carbocycles. The molecule has 1 amide bonds. The van der Waals surface area contributed by atoms with Crippen molar-refractivity contribution in [1.29, 1.82) is 0 Å². The van der Waals surface area contributed by atoms with Crippen molar-refractivity contribution in [3.63, 3.8) is 0 Å². The normalized spacial score (nSPS) is 15.6. The summed E-state index contributed by atoms with van der Waals surface area (Å²) in [5.74, 6) is 0.809. The van der Waals surface area contributed by atoms with Gasteiger partial charge >= 0.3 is 0 Å². The Labute approximate surface area is 128 Å². The smallest absolute Gasteiger partial charge is 0.261 e. The molecule has 1 fully saturated rings. The lowest BCUT2D eigenvalue weighted by molar-refractivity contribution is 0.0942. The van der Waals surface area contributed by atoms with Gasteiger partial charge in [-0.3, -0.25) is 9.59 Å². The van der Waals surface area contributed by atoms with Crippen LogP contribution in [-0.4, -0.2) is 17.4 Å². The van der Waals surface area contributed by atoms with E-state index >= 15 is 0 Å². The summed E-state index contributed by atoms with van der Waals surface area (Å²) >= 11 is 0. The van der Waals surface area contributed by atoms with Crippen LogP contribution in [0.4, 0.5) is 0 Å². The molecule has 2 aromatic rings. The third kappa shape index (κ3) is 3.30. The Balaban J connectivity index is 1.66. The zero-order chi connectivity index (χ0) is 15.4. The van der Waals surface area contributed by atoms with Crippen LogP contribution >= 0.6 is 0 Å². The van der Waals surface area contributed by atoms with Gasteiger partial charge in [0, 0.05) is 6.54 Å². The lowest BCUT2D eigenvalue weighted by atomic mass is 9.89. The van der Waals surface area contributed by atoms with Gasteiger partial charge in [0.1, 0.15) is 11.3 Å². The quantitative estimate of drug-likeness (QED) is 0.911. The standard InChI is InChI=1S/C17H20N2O3/c20-16(18-11-12-5-2-1-3-6-12)13-8-9-14(19-17(13)21)15-7-4-10-22-15/h4,7-10,12H,1-3,5-6,11H2,(H,18,20)(H,19,21). The van der Waals surface area contributed by atoms with Crippen molar-refractivity contribution in [2.45, 2.75) is 32.1 Å². The molecule has 1 aliphatic rings. The molecule has 5 nitrogen and oxygen atoms in total. The largest absolute Gasteiger partial charge is 0.463 e. The molecule has 0 bridgehead atoms. The molecule has 0 unspecified atom stereocenters. The monoisotopic (exact) mass is 300 g/mol. The van der Waals surface area contributed by atoms with Gasteiger partial charge in [-0.1, -0.05) is 19.3 Å². The van der Waals surface area contributed by atoms with Gasteiger partial charge in [-0.05, 0) is 43.0 Å². The summed E-state index contributed by atoms with van der Waals surface area (Å²) in [4.78, 5) is 26.9. The number of aromatic nitrogens is 1. The van der Waals surface area contributed by atoms with Crippen molar-refractivity contribution in [1.82, 2.24) is 10.3 Å². The maximum absolute atomic E-state index is 12.2. The Bertz CT molecular complexity index is 682. The number of amides is 1. The van der Waals surface area contributed by atoms with E-state index in [-0.39, 0.29) is 11.5 Å². The van der Waals surface area contributed by atoms with Crippen molar-refractivity contribution in [3.05, 3.63) is 46.4 Å². The van der Waals surface area contributed by atoms with Gasteiger partial charge in [-0.25, -0.2) is 0 Å². The molecule has 2 N–H and O–H groups in total. The molecule has 22 heavy (non-hydrogen) atoms. The lowest BCUT2D eigenvalue weighted by Gasteiger charge is -2.21. The van der Waals surface area contributed by atoms with Crippen molar-refractivity contribution >= 4 is 5.91 Å². The van der Waals surface area contributed by atoms with Crippen LogP contribution in [0.5, 0.6) is 0 Å². The molecule has 2 heterocycles. The Morgan fingerprint density at radius 2 is 2.05 bits per heavy atom. The van der Waals surface area contributed by atoms with Gasteiger partial charge in [0.2, 0.25) is 0 Å². The zero-order valence-electron chi connectivity index (χ0n) is 12.4. The average molecular weight is 300 g/mol. The molecule has 0 radical (unpaired) electrons. The fourth-order valence-electron chi connectivity index (χ4n) is 2.95. The van der Waals surface area contributed by atoms with Crippen LogP contribution in [0.3, 0.4) is 0 Å². The number of furan rings is 1. The average Bonchev–Trinajstić information content (AvgIpc) is 3.08. The maximum atomic E-state index is 12.2. The fraction of sp³-hybridized carbons (Fsp3) is 0.412. The van der Waals surface area contributed by atoms with Crippen molar-refractivity contribution in [2.24, 2.45) is 5.92 Å². The highest BCUT2D eigenvalue weighted by molar-refractivity contribution is 5.94. The summed E-state index contributed by atoms with van der Waals surface area (Å²) in [5, 5.41) is 2.88. The molecule has 116 valence electrons. The number of nitrogens with one attached hydrogen (secondary N) is 2. The summed E-state index contributed by atoms with van der Waals surface area (Å²) in [6.45, 7) is 0.651. The van der Waals surface area contributed by atoms with Crippen LogP contribution in [0.1, 0.15) is 42.5 Å². The van der Waals surface area contributed by atoms with Crippen molar-refractivity contribution in [2.75, 3.05) is 6.54 Å². The highest BCUT2D eigenvalue weighted by Gasteiger charge is 2.16. The molecule has 3 rings (SSSR count). The van der Waals surface area contributed by atoms with Gasteiger partial charge in [0.05, 0.1) is 12.0 Å². The van der Waals surface area contributed by atoms with Gasteiger partial charge < -0.3 is 14.7 Å². The predicted octanol–water partition coefficient (Wildman–Crippen LogP) is 2.95. The molecule has 2 aromatic heterocycles. The molecule has 0 atom stereocenters. The minimum Gasteiger partial charge on any atom is -0.463 e. The SMILES string of the molecule is O=C(NCC1CCCCC1)c1ccc(-c2ccco2)[nH]c1=O. The summed E-state index contributed by atoms with van der Waals surface area (Å²) in [6, 6.07) is 6.75. The Kier molecular flexibility index (Phi) is 4.42. The second-order valence-electron chi connectivity index (χ2n) is 5.81. The second kappa shape index (κ2) is 6.64. The number of carbonyl (C=O) groups is 1. The number of hydrogen-bond acceptors (Lipinski definition) is 3. The van der Waals surface area contributed by atoms with Crippen LogP contribution in [-0.2, 0) is 0 Å². The third-order valence-corrected chi connectivity index (χ3v) is 4.22. The Morgan fingerprint density at radius 3 is 2.73 bits per heavy atom. The number of rotatable bonds is 4. The van der Waals surface area contributed by atoms with Crippen LogP contribution < -0.4 is 10.9 Å². The topological polar surface area (TPSA) is 75.1 Å². The molecule has 0 aliphatic heterocycles. The molecular formula is C17H20N2O3. The summed E-state index contributed by atoms with van der Waals surface area (Å²) in [6.07, 6.45) is 7.62. The van der Waals surface area contributed by atoms with Crippen LogP contribution in [0.25, 0.3) is 11.5 Å². The van der Waals surface area contributed by atoms with Crippen molar-refractivity contribution < 1.29 is 9.21 Å². The van der Waals surface area contributed by atoms with Crippen LogP contribution in [0.2, 0.25) is 0 Å². The molecule has 1 aliphatic carbocycles. The second-order valence-corrected chi connectivity index (χ2v) is 5.81. The van der Waals surface area contributed by atoms with Gasteiger partial charge in [0.15, 0.2) is 0 Å². The minimum absolute atomic E-state index is 0.145. The number of carbonyl (C=O) groups excluding carboxylic acids is 1. The minimum atomic E-state index is -0.393. The number of hydrogen-bond donors (Lipinski definition) is 2. The number of aromatic amines is 1. The van der Waals surface area contributed by atoms with E-state index in [0.29, 0.717) is 23.9 Å². The zero-order valence-corrected chi connectivity index (χ0v) is 12.4. The van der Waals surface area contributed by atoms with E-state index in [9.17, 15) is 9.59 Å². The lowest BCUT2D eigenvalue weighted by Crippen LogP contribution is -2.33. The van der Waals surface area contributed by atoms with E-state index < -0.39 is 5.56 Å². The molecular weight excluding hydrogens is 280 g/mol. The van der Waals surface area contributed by atoms with E-state index in [1.807, 2.05) is 0 Å². The first kappa shape index (κ1) is 14.6. The molecule has 0 spiro atoms. The van der Waals surface area contributed by atoms with E-state index in [1.54, 1.807) is 30.5 Å². The van der Waals surface area contributed by atoms with Gasteiger partial charge in [-0.15, -0.1) is 0 Å². The third-order valence-electron chi connectivity index (χ3n) is 4.22. The number of pyridine rings is 1. The van der Waals surface area contributed by atoms with Gasteiger partial charge in [0.25, 0.3) is 11.5 Å². The highest BCUT2D eigenvalue weighted by atomic mass is 16.3. The van der Waals surface area contributed by atoms with Crippen LogP contribution in [0, 0.1) is 5.92 Å². The van der Waals surface area contributed by atoms with Crippen LogP contribution in [0.15, 0.2) is 39.7 Å². The maximum Gasteiger partial charge on any atom is 0.261 e. The van der Waals surface area contributed by atoms with E-state index in [4.69, 9.17) is 4.42 Å². The number of H-pyrrole nitrogens is 1. The summed E-state index contributed by atoms with van der Waals surface area (Å²) in [7, 11) is 0. The molecule has 1 saturated carbocycles. The Hall–Kier alpha value is -2.30. The molecule has 5 heteroatoms. The van der Waals surface area contributed by atoms with E-state index in [2.05, 4.69) is 10.3 Å². The molecule has 0 saturated heterocycles. The Morgan fingerprint density at radius 1 is 1.23 bits per heavy atom. The first-order chi connectivity index (χ1) is 10.7. The highest BCUT2D eigenvalue weighted by Crippen LogP contribution is 2.22. The first-order valence-electron chi connectivity index (χ1n) is 7.79. The fourth-order valence-corrected chi connectivity index (χ4v) is 2.95. The van der Waals surface area contributed by atoms with Gasteiger partial charge in [-0.2, -0.15) is 0 Å². The first-order valence-corrected chi connectivity index (χ1v) is 7.79. The van der Waals surface area contributed by atoms with E-state index in [1.165, 1.54) is 19.3 Å². The summed E-state index contributed by atoms with van der Waals surface area (Å²) < 4.78 is 5.23.